The third-order valence-corrected chi connectivity index (χ3v) is 4.48. The van der Waals surface area contributed by atoms with E-state index in [1.807, 2.05) is 19.1 Å². The maximum atomic E-state index is 14.3. The predicted octanol–water partition coefficient (Wildman–Crippen LogP) is 3.62. The SMILES string of the molecule is Cc1cc(F)c2nc(N)cc(N3CCC(NC(C)(C)C)CC3)c2c1. The Morgan fingerprint density at radius 1 is 1.21 bits per heavy atom. The molecule has 0 radical (unpaired) electrons. The molecule has 130 valence electrons. The van der Waals surface area contributed by atoms with E-state index in [0.29, 0.717) is 17.4 Å². The fourth-order valence-corrected chi connectivity index (χ4v) is 3.56. The summed E-state index contributed by atoms with van der Waals surface area (Å²) in [6.07, 6.45) is 2.13. The van der Waals surface area contributed by atoms with Gasteiger partial charge in [-0.05, 0) is 58.2 Å². The summed E-state index contributed by atoms with van der Waals surface area (Å²) in [6, 6.07) is 5.90. The number of rotatable bonds is 2. The molecule has 1 saturated heterocycles. The summed E-state index contributed by atoms with van der Waals surface area (Å²) in [7, 11) is 0. The van der Waals surface area contributed by atoms with Gasteiger partial charge in [0.05, 0.1) is 0 Å². The van der Waals surface area contributed by atoms with Crippen LogP contribution in [0.4, 0.5) is 15.9 Å². The molecule has 0 saturated carbocycles. The van der Waals surface area contributed by atoms with Crippen molar-refractivity contribution in [1.29, 1.82) is 0 Å². The van der Waals surface area contributed by atoms with Crippen molar-refractivity contribution in [2.75, 3.05) is 23.7 Å². The summed E-state index contributed by atoms with van der Waals surface area (Å²) in [5, 5.41) is 4.52. The molecular formula is C19H27FN4. The van der Waals surface area contributed by atoms with Crippen molar-refractivity contribution in [2.45, 2.75) is 52.1 Å². The molecule has 2 aromatic rings. The highest BCUT2D eigenvalue weighted by molar-refractivity contribution is 5.94. The zero-order chi connectivity index (χ0) is 17.5. The number of nitrogens with two attached hydrogens (primary N) is 1. The molecule has 0 bridgehead atoms. The molecule has 3 N–H and O–H groups in total. The highest BCUT2D eigenvalue weighted by Crippen LogP contribution is 2.32. The van der Waals surface area contributed by atoms with Gasteiger partial charge >= 0.3 is 0 Å². The standard InChI is InChI=1S/C19H27FN4/c1-12-9-14-16(11-17(21)22-18(14)15(20)10-12)24-7-5-13(6-8-24)23-19(2,3)4/h9-11,13,23H,5-8H2,1-4H3,(H2,21,22). The lowest BCUT2D eigenvalue weighted by molar-refractivity contribution is 0.317. The number of nitrogens with zero attached hydrogens (tertiary/aromatic N) is 2. The Kier molecular flexibility index (Phi) is 4.38. The second-order valence-electron chi connectivity index (χ2n) is 7.86. The first-order chi connectivity index (χ1) is 11.2. The third-order valence-electron chi connectivity index (χ3n) is 4.48. The molecule has 0 spiro atoms. The van der Waals surface area contributed by atoms with Gasteiger partial charge in [-0.2, -0.15) is 0 Å². The Hall–Kier alpha value is -1.88. The van der Waals surface area contributed by atoms with E-state index in [4.69, 9.17) is 5.73 Å². The zero-order valence-corrected chi connectivity index (χ0v) is 15.0. The minimum absolute atomic E-state index is 0.126. The van der Waals surface area contributed by atoms with E-state index in [9.17, 15) is 4.39 Å². The molecule has 2 heterocycles. The topological polar surface area (TPSA) is 54.2 Å². The van der Waals surface area contributed by atoms with Gasteiger partial charge in [0, 0.05) is 41.8 Å². The van der Waals surface area contributed by atoms with E-state index in [1.54, 1.807) is 0 Å². The van der Waals surface area contributed by atoms with Crippen LogP contribution in [0.3, 0.4) is 0 Å². The third kappa shape index (κ3) is 3.61. The lowest BCUT2D eigenvalue weighted by Crippen LogP contribution is -2.49. The first-order valence-electron chi connectivity index (χ1n) is 8.62. The van der Waals surface area contributed by atoms with Crippen molar-refractivity contribution in [3.05, 3.63) is 29.6 Å². The van der Waals surface area contributed by atoms with E-state index in [-0.39, 0.29) is 11.4 Å². The number of pyridine rings is 1. The fraction of sp³-hybridized carbons (Fsp3) is 0.526. The molecule has 5 heteroatoms. The highest BCUT2D eigenvalue weighted by atomic mass is 19.1. The van der Waals surface area contributed by atoms with Crippen molar-refractivity contribution in [1.82, 2.24) is 10.3 Å². The lowest BCUT2D eigenvalue weighted by atomic mass is 9.99. The van der Waals surface area contributed by atoms with Crippen LogP contribution in [-0.4, -0.2) is 29.7 Å². The number of hydrogen-bond donors (Lipinski definition) is 2. The van der Waals surface area contributed by atoms with Gasteiger partial charge in [0.15, 0.2) is 0 Å². The summed E-state index contributed by atoms with van der Waals surface area (Å²) in [6.45, 7) is 10.4. The van der Waals surface area contributed by atoms with Gasteiger partial charge in [0.25, 0.3) is 0 Å². The van der Waals surface area contributed by atoms with E-state index >= 15 is 0 Å². The molecule has 1 fully saturated rings. The quantitative estimate of drug-likeness (QED) is 0.883. The number of aromatic nitrogens is 1. The van der Waals surface area contributed by atoms with Crippen molar-refractivity contribution in [3.63, 3.8) is 0 Å². The molecule has 3 rings (SSSR count). The second kappa shape index (κ2) is 6.20. The van der Waals surface area contributed by atoms with Gasteiger partial charge in [0.2, 0.25) is 0 Å². The van der Waals surface area contributed by atoms with Crippen LogP contribution in [-0.2, 0) is 0 Å². The molecular weight excluding hydrogens is 303 g/mol. The van der Waals surface area contributed by atoms with E-state index in [2.05, 4.69) is 36.0 Å². The zero-order valence-electron chi connectivity index (χ0n) is 15.0. The predicted molar refractivity (Wildman–Crippen MR) is 99.0 cm³/mol. The van der Waals surface area contributed by atoms with Gasteiger partial charge < -0.3 is 16.0 Å². The van der Waals surface area contributed by atoms with Crippen molar-refractivity contribution < 1.29 is 4.39 Å². The molecule has 0 atom stereocenters. The number of fused-ring (bicyclic) bond motifs is 1. The smallest absolute Gasteiger partial charge is 0.149 e. The lowest BCUT2D eigenvalue weighted by Gasteiger charge is -2.37. The average molecular weight is 330 g/mol. The summed E-state index contributed by atoms with van der Waals surface area (Å²) in [4.78, 5) is 6.50. The molecule has 1 aromatic heterocycles. The molecule has 0 aliphatic carbocycles. The average Bonchev–Trinajstić information content (AvgIpc) is 2.47. The largest absolute Gasteiger partial charge is 0.384 e. The number of anilines is 2. The van der Waals surface area contributed by atoms with Crippen LogP contribution in [0.25, 0.3) is 10.9 Å². The highest BCUT2D eigenvalue weighted by Gasteiger charge is 2.24. The van der Waals surface area contributed by atoms with E-state index in [0.717, 1.165) is 42.6 Å². The minimum Gasteiger partial charge on any atom is -0.384 e. The van der Waals surface area contributed by atoms with Gasteiger partial charge in [-0.3, -0.25) is 0 Å². The number of aryl methyl sites for hydroxylation is 1. The van der Waals surface area contributed by atoms with Gasteiger partial charge in [-0.1, -0.05) is 0 Å². The Labute approximate surface area is 143 Å². The van der Waals surface area contributed by atoms with Crippen LogP contribution < -0.4 is 16.0 Å². The van der Waals surface area contributed by atoms with E-state index in [1.165, 1.54) is 6.07 Å². The number of piperidine rings is 1. The Balaban J connectivity index is 1.88. The number of nitrogens with one attached hydrogen (secondary N) is 1. The molecule has 1 aliphatic heterocycles. The van der Waals surface area contributed by atoms with Crippen LogP contribution in [0.5, 0.6) is 0 Å². The van der Waals surface area contributed by atoms with Gasteiger partial charge in [-0.25, -0.2) is 9.37 Å². The number of hydrogen-bond acceptors (Lipinski definition) is 4. The van der Waals surface area contributed by atoms with Gasteiger partial charge in [-0.15, -0.1) is 0 Å². The first-order valence-corrected chi connectivity index (χ1v) is 8.62. The van der Waals surface area contributed by atoms with Crippen LogP contribution in [0.2, 0.25) is 0 Å². The van der Waals surface area contributed by atoms with Crippen LogP contribution in [0, 0.1) is 12.7 Å². The monoisotopic (exact) mass is 330 g/mol. The Morgan fingerprint density at radius 2 is 1.88 bits per heavy atom. The molecule has 1 aliphatic rings. The van der Waals surface area contributed by atoms with E-state index < -0.39 is 0 Å². The number of nitrogen functional groups attached to an aromatic ring is 1. The molecule has 24 heavy (non-hydrogen) atoms. The summed E-state index contributed by atoms with van der Waals surface area (Å²) < 4.78 is 14.3. The number of halogens is 1. The summed E-state index contributed by atoms with van der Waals surface area (Å²) in [5.74, 6) is 0.0676. The normalized spacial score (nSPS) is 16.8. The molecule has 4 nitrogen and oxygen atoms in total. The van der Waals surface area contributed by atoms with Crippen LogP contribution >= 0.6 is 0 Å². The maximum Gasteiger partial charge on any atom is 0.149 e. The molecule has 0 unspecified atom stereocenters. The summed E-state index contributed by atoms with van der Waals surface area (Å²) in [5.41, 5.74) is 8.32. The van der Waals surface area contributed by atoms with Crippen LogP contribution in [0.15, 0.2) is 18.2 Å². The van der Waals surface area contributed by atoms with Crippen molar-refractivity contribution in [2.24, 2.45) is 0 Å². The number of benzene rings is 1. The van der Waals surface area contributed by atoms with Crippen molar-refractivity contribution in [3.8, 4) is 0 Å². The first kappa shape index (κ1) is 17.0. The molecule has 0 amide bonds. The molecule has 1 aromatic carbocycles. The van der Waals surface area contributed by atoms with Gasteiger partial charge in [0.1, 0.15) is 17.2 Å². The Bertz CT molecular complexity index is 743. The Morgan fingerprint density at radius 3 is 2.50 bits per heavy atom. The maximum absolute atomic E-state index is 14.3. The fourth-order valence-electron chi connectivity index (χ4n) is 3.56. The van der Waals surface area contributed by atoms with Crippen LogP contribution in [0.1, 0.15) is 39.2 Å². The minimum atomic E-state index is -0.303. The van der Waals surface area contributed by atoms with Crippen molar-refractivity contribution >= 4 is 22.4 Å². The summed E-state index contributed by atoms with van der Waals surface area (Å²) >= 11 is 0. The second-order valence-corrected chi connectivity index (χ2v) is 7.86.